The molecule has 5 rings (SSSR count). The molecule has 3 aromatic carbocycles. The van der Waals surface area contributed by atoms with E-state index in [4.69, 9.17) is 21.1 Å². The number of halogens is 1. The number of cyclic esters (lactones) is 1. The van der Waals surface area contributed by atoms with Crippen LogP contribution in [0.15, 0.2) is 66.7 Å². The van der Waals surface area contributed by atoms with E-state index in [1.165, 1.54) is 0 Å². The summed E-state index contributed by atoms with van der Waals surface area (Å²) in [5.74, 6) is 1.14. The van der Waals surface area contributed by atoms with E-state index in [9.17, 15) is 9.59 Å². The number of carbonyl (C=O) groups excluding carboxylic acids is 2. The Balaban J connectivity index is 1.28. The fourth-order valence-electron chi connectivity index (χ4n) is 4.27. The minimum absolute atomic E-state index is 0.0543. The molecular formula is C27H23ClN2O4. The third-order valence-electron chi connectivity index (χ3n) is 6.03. The van der Waals surface area contributed by atoms with E-state index in [-0.39, 0.29) is 18.0 Å². The zero-order valence-electron chi connectivity index (χ0n) is 18.6. The lowest BCUT2D eigenvalue weighted by Crippen LogP contribution is -2.34. The van der Waals surface area contributed by atoms with E-state index in [2.05, 4.69) is 5.32 Å². The number of ether oxygens (including phenoxy) is 2. The van der Waals surface area contributed by atoms with Crippen molar-refractivity contribution in [3.63, 3.8) is 0 Å². The van der Waals surface area contributed by atoms with Gasteiger partial charge in [0.05, 0.1) is 11.1 Å². The van der Waals surface area contributed by atoms with Gasteiger partial charge in [-0.2, -0.15) is 0 Å². The predicted octanol–water partition coefficient (Wildman–Crippen LogP) is 6.01. The van der Waals surface area contributed by atoms with Crippen molar-refractivity contribution in [2.75, 3.05) is 18.5 Å². The Kier molecular flexibility index (Phi) is 5.99. The highest BCUT2D eigenvalue weighted by atomic mass is 35.5. The molecule has 1 atom stereocenters. The molecule has 34 heavy (non-hydrogen) atoms. The van der Waals surface area contributed by atoms with Gasteiger partial charge in [-0.1, -0.05) is 41.9 Å². The first-order valence-corrected chi connectivity index (χ1v) is 11.5. The maximum Gasteiger partial charge on any atom is 0.410 e. The number of nitrogens with zero attached hydrogens (tertiary/aromatic N) is 1. The molecule has 0 radical (unpaired) electrons. The number of hydrogen-bond acceptors (Lipinski definition) is 4. The Hall–Kier alpha value is -3.77. The number of anilines is 1. The van der Waals surface area contributed by atoms with Crippen molar-refractivity contribution in [3.8, 4) is 11.5 Å². The zero-order chi connectivity index (χ0) is 23.7. The molecule has 2 heterocycles. The molecule has 1 unspecified atom stereocenters. The predicted molar refractivity (Wildman–Crippen MR) is 132 cm³/mol. The van der Waals surface area contributed by atoms with Crippen LogP contribution in [-0.2, 0) is 16.0 Å². The van der Waals surface area contributed by atoms with Crippen LogP contribution in [0.4, 0.5) is 10.5 Å². The maximum absolute atomic E-state index is 12.4. The fraction of sp³-hybridized carbons (Fsp3) is 0.185. The lowest BCUT2D eigenvalue weighted by atomic mass is 10.0. The van der Waals surface area contributed by atoms with E-state index < -0.39 is 0 Å². The number of fused-ring (bicyclic) bond motifs is 1. The SMILES string of the molecule is CCN1C(=O)OCC1Cc1ccc(Oc2ccc(/C=C3/C(=O)Nc4ccccc43)c(Cl)c2)cc1. The lowest BCUT2D eigenvalue weighted by molar-refractivity contribution is -0.110. The molecule has 1 saturated heterocycles. The van der Waals surface area contributed by atoms with Crippen molar-refractivity contribution in [3.05, 3.63) is 88.4 Å². The van der Waals surface area contributed by atoms with E-state index in [0.29, 0.717) is 35.2 Å². The van der Waals surface area contributed by atoms with Crippen molar-refractivity contribution in [2.24, 2.45) is 0 Å². The quantitative estimate of drug-likeness (QED) is 0.444. The second kappa shape index (κ2) is 9.23. The Bertz CT molecular complexity index is 1290. The van der Waals surface area contributed by atoms with Crippen LogP contribution in [0.3, 0.4) is 0 Å². The van der Waals surface area contributed by atoms with Gasteiger partial charge in [-0.25, -0.2) is 4.79 Å². The molecule has 0 spiro atoms. The molecule has 2 aliphatic rings. The third-order valence-corrected chi connectivity index (χ3v) is 6.35. The molecule has 0 aliphatic carbocycles. The number of nitrogens with one attached hydrogen (secondary N) is 1. The number of hydrogen-bond donors (Lipinski definition) is 1. The monoisotopic (exact) mass is 474 g/mol. The minimum Gasteiger partial charge on any atom is -0.457 e. The Labute approximate surface area is 202 Å². The van der Waals surface area contributed by atoms with Gasteiger partial charge in [0.2, 0.25) is 0 Å². The second-order valence-corrected chi connectivity index (χ2v) is 8.62. The normalized spacial score (nSPS) is 18.1. The highest BCUT2D eigenvalue weighted by Crippen LogP contribution is 2.35. The lowest BCUT2D eigenvalue weighted by Gasteiger charge is -2.19. The summed E-state index contributed by atoms with van der Waals surface area (Å²) in [6.45, 7) is 3.00. The van der Waals surface area contributed by atoms with Gasteiger partial charge < -0.3 is 19.7 Å². The summed E-state index contributed by atoms with van der Waals surface area (Å²) in [5, 5.41) is 3.36. The Morgan fingerprint density at radius 2 is 1.85 bits per heavy atom. The van der Waals surface area contributed by atoms with Gasteiger partial charge in [0, 0.05) is 23.4 Å². The largest absolute Gasteiger partial charge is 0.457 e. The van der Waals surface area contributed by atoms with Crippen LogP contribution in [0.2, 0.25) is 5.02 Å². The van der Waals surface area contributed by atoms with Crippen LogP contribution in [0.25, 0.3) is 11.6 Å². The number of amides is 2. The molecule has 1 fully saturated rings. The number of rotatable bonds is 6. The highest BCUT2D eigenvalue weighted by molar-refractivity contribution is 6.37. The number of benzene rings is 3. The van der Waals surface area contributed by atoms with Gasteiger partial charge >= 0.3 is 6.09 Å². The molecule has 172 valence electrons. The standard InChI is InChI=1S/C27H23ClN2O4/c1-2-30-19(16-33-27(30)32)13-17-7-10-20(11-8-17)34-21-12-9-18(24(28)15-21)14-23-22-5-3-4-6-25(22)29-26(23)31/h3-12,14-15,19H,2,13,16H2,1H3,(H,29,31)/b23-14+. The molecule has 1 N–H and O–H groups in total. The zero-order valence-corrected chi connectivity index (χ0v) is 19.3. The first kappa shape index (κ1) is 22.0. The summed E-state index contributed by atoms with van der Waals surface area (Å²) in [6, 6.07) is 20.8. The van der Waals surface area contributed by atoms with E-state index >= 15 is 0 Å². The molecular weight excluding hydrogens is 452 g/mol. The topological polar surface area (TPSA) is 67.9 Å². The van der Waals surface area contributed by atoms with Crippen LogP contribution in [0.1, 0.15) is 23.6 Å². The average Bonchev–Trinajstić information content (AvgIpc) is 3.35. The van der Waals surface area contributed by atoms with Gasteiger partial charge in [-0.3, -0.25) is 4.79 Å². The highest BCUT2D eigenvalue weighted by Gasteiger charge is 2.31. The van der Waals surface area contributed by atoms with Crippen molar-refractivity contribution < 1.29 is 19.1 Å². The minimum atomic E-state index is -0.249. The summed E-state index contributed by atoms with van der Waals surface area (Å²) >= 11 is 6.51. The van der Waals surface area contributed by atoms with Crippen molar-refractivity contribution in [2.45, 2.75) is 19.4 Å². The number of likely N-dealkylation sites (N-methyl/N-ethyl adjacent to an activating group) is 1. The van der Waals surface area contributed by atoms with E-state index in [1.807, 2.05) is 67.6 Å². The van der Waals surface area contributed by atoms with Gasteiger partial charge in [0.25, 0.3) is 5.91 Å². The molecule has 7 heteroatoms. The van der Waals surface area contributed by atoms with E-state index in [0.717, 1.165) is 28.8 Å². The van der Waals surface area contributed by atoms with Gasteiger partial charge in [-0.15, -0.1) is 0 Å². The molecule has 0 saturated carbocycles. The molecule has 6 nitrogen and oxygen atoms in total. The summed E-state index contributed by atoms with van der Waals surface area (Å²) in [6.07, 6.45) is 2.27. The molecule has 0 bridgehead atoms. The van der Waals surface area contributed by atoms with Crippen molar-refractivity contribution in [1.29, 1.82) is 0 Å². The summed E-state index contributed by atoms with van der Waals surface area (Å²) in [4.78, 5) is 25.8. The van der Waals surface area contributed by atoms with E-state index in [1.54, 1.807) is 17.0 Å². The summed E-state index contributed by atoms with van der Waals surface area (Å²) in [5.41, 5.74) is 4.08. The molecule has 0 aromatic heterocycles. The maximum atomic E-state index is 12.4. The van der Waals surface area contributed by atoms with Crippen LogP contribution >= 0.6 is 11.6 Å². The van der Waals surface area contributed by atoms with Gasteiger partial charge in [0.1, 0.15) is 18.1 Å². The van der Waals surface area contributed by atoms with Crippen LogP contribution in [0, 0.1) is 0 Å². The van der Waals surface area contributed by atoms with Crippen molar-refractivity contribution in [1.82, 2.24) is 4.90 Å². The molecule has 2 amide bonds. The smallest absolute Gasteiger partial charge is 0.410 e. The average molecular weight is 475 g/mol. The van der Waals surface area contributed by atoms with Crippen molar-refractivity contribution >= 4 is 40.9 Å². The summed E-state index contributed by atoms with van der Waals surface area (Å²) < 4.78 is 11.1. The number of carbonyl (C=O) groups is 2. The molecule has 2 aliphatic heterocycles. The summed E-state index contributed by atoms with van der Waals surface area (Å²) in [7, 11) is 0. The fourth-order valence-corrected chi connectivity index (χ4v) is 4.50. The van der Waals surface area contributed by atoms with Gasteiger partial charge in [-0.05, 0) is 66.9 Å². The van der Waals surface area contributed by atoms with Crippen LogP contribution < -0.4 is 10.1 Å². The Morgan fingerprint density at radius 3 is 2.62 bits per heavy atom. The first-order chi connectivity index (χ1) is 16.5. The van der Waals surface area contributed by atoms with Crippen LogP contribution in [0.5, 0.6) is 11.5 Å². The van der Waals surface area contributed by atoms with Crippen LogP contribution in [-0.4, -0.2) is 36.1 Å². The van der Waals surface area contributed by atoms with Gasteiger partial charge in [0.15, 0.2) is 0 Å². The number of para-hydroxylation sites is 1. The second-order valence-electron chi connectivity index (χ2n) is 8.21. The Morgan fingerprint density at radius 1 is 1.09 bits per heavy atom. The molecule has 3 aromatic rings. The third kappa shape index (κ3) is 4.37. The first-order valence-electron chi connectivity index (χ1n) is 11.1.